The summed E-state index contributed by atoms with van der Waals surface area (Å²) in [7, 11) is 0. The Balaban J connectivity index is 3.13. The Morgan fingerprint density at radius 1 is 1.62 bits per heavy atom. The van der Waals surface area contributed by atoms with Crippen LogP contribution >= 0.6 is 0 Å². The van der Waals surface area contributed by atoms with Gasteiger partial charge in [-0.15, -0.1) is 6.58 Å². The van der Waals surface area contributed by atoms with Crippen LogP contribution in [-0.2, 0) is 0 Å². The van der Waals surface area contributed by atoms with Crippen molar-refractivity contribution in [1.29, 1.82) is 5.26 Å². The first-order valence-corrected chi connectivity index (χ1v) is 3.76. The van der Waals surface area contributed by atoms with Crippen LogP contribution in [0.15, 0.2) is 30.9 Å². The van der Waals surface area contributed by atoms with Gasteiger partial charge in [0.15, 0.2) is 0 Å². The Hall–Kier alpha value is -1.66. The van der Waals surface area contributed by atoms with Crippen LogP contribution in [0.25, 0.3) is 0 Å². The molecule has 3 heteroatoms. The number of hydrogen-bond acceptors (Lipinski definition) is 2. The Bertz CT molecular complexity index is 366. The highest BCUT2D eigenvalue weighted by molar-refractivity contribution is 5.35. The van der Waals surface area contributed by atoms with Gasteiger partial charge in [0.05, 0.1) is 17.7 Å². The zero-order valence-electron chi connectivity index (χ0n) is 7.00. The predicted molar refractivity (Wildman–Crippen MR) is 48.2 cm³/mol. The Morgan fingerprint density at radius 3 is 2.77 bits per heavy atom. The second kappa shape index (κ2) is 3.83. The quantitative estimate of drug-likeness (QED) is 0.699. The summed E-state index contributed by atoms with van der Waals surface area (Å²) in [6, 6.07) is 5.52. The summed E-state index contributed by atoms with van der Waals surface area (Å²) in [4.78, 5) is 0. The number of nitriles is 1. The third kappa shape index (κ3) is 1.92. The molecule has 1 atom stereocenters. The number of benzene rings is 1. The standard InChI is InChI=1S/C10H9FN2/c1-2-10(13)8-4-3-7(6-12)5-9(8)11/h2-5,10H,1,13H2/t10-/m0/s1. The molecule has 0 aliphatic rings. The molecule has 66 valence electrons. The van der Waals surface area contributed by atoms with Crippen LogP contribution in [-0.4, -0.2) is 0 Å². The lowest BCUT2D eigenvalue weighted by Gasteiger charge is -2.07. The monoisotopic (exact) mass is 176 g/mol. The highest BCUT2D eigenvalue weighted by Gasteiger charge is 2.08. The van der Waals surface area contributed by atoms with Crippen molar-refractivity contribution < 1.29 is 4.39 Å². The Kier molecular flexibility index (Phi) is 2.78. The lowest BCUT2D eigenvalue weighted by molar-refractivity contribution is 0.602. The van der Waals surface area contributed by atoms with E-state index in [0.29, 0.717) is 5.56 Å². The molecule has 0 aliphatic carbocycles. The summed E-state index contributed by atoms with van der Waals surface area (Å²) < 4.78 is 13.2. The maximum Gasteiger partial charge on any atom is 0.129 e. The molecule has 0 unspecified atom stereocenters. The number of rotatable bonds is 2. The van der Waals surface area contributed by atoms with Gasteiger partial charge in [0.1, 0.15) is 5.82 Å². The Morgan fingerprint density at radius 2 is 2.31 bits per heavy atom. The van der Waals surface area contributed by atoms with Gasteiger partial charge >= 0.3 is 0 Å². The van der Waals surface area contributed by atoms with E-state index < -0.39 is 11.9 Å². The second-order valence-corrected chi connectivity index (χ2v) is 2.61. The van der Waals surface area contributed by atoms with Gasteiger partial charge in [-0.05, 0) is 12.1 Å². The maximum atomic E-state index is 13.2. The van der Waals surface area contributed by atoms with E-state index in [0.717, 1.165) is 0 Å². The van der Waals surface area contributed by atoms with Gasteiger partial charge in [-0.1, -0.05) is 12.1 Å². The highest BCUT2D eigenvalue weighted by atomic mass is 19.1. The van der Waals surface area contributed by atoms with Crippen molar-refractivity contribution in [1.82, 2.24) is 0 Å². The number of halogens is 1. The molecule has 1 aromatic rings. The van der Waals surface area contributed by atoms with Crippen molar-refractivity contribution in [2.45, 2.75) is 6.04 Å². The molecule has 0 fully saturated rings. The third-order valence-corrected chi connectivity index (χ3v) is 1.74. The molecule has 0 bridgehead atoms. The van der Waals surface area contributed by atoms with Crippen molar-refractivity contribution in [3.8, 4) is 6.07 Å². The highest BCUT2D eigenvalue weighted by Crippen LogP contribution is 2.16. The van der Waals surface area contributed by atoms with E-state index in [4.69, 9.17) is 11.0 Å². The van der Waals surface area contributed by atoms with E-state index in [1.54, 1.807) is 0 Å². The van der Waals surface area contributed by atoms with E-state index in [9.17, 15) is 4.39 Å². The van der Waals surface area contributed by atoms with Gasteiger partial charge in [-0.3, -0.25) is 0 Å². The van der Waals surface area contributed by atoms with Crippen LogP contribution in [0.2, 0.25) is 0 Å². The van der Waals surface area contributed by atoms with E-state index in [1.165, 1.54) is 24.3 Å². The minimum Gasteiger partial charge on any atom is -0.321 e. The maximum absolute atomic E-state index is 13.2. The molecule has 13 heavy (non-hydrogen) atoms. The number of nitrogens with zero attached hydrogens (tertiary/aromatic N) is 1. The number of hydrogen-bond donors (Lipinski definition) is 1. The van der Waals surface area contributed by atoms with Crippen LogP contribution < -0.4 is 5.73 Å². The zero-order valence-corrected chi connectivity index (χ0v) is 7.00. The lowest BCUT2D eigenvalue weighted by Crippen LogP contribution is -2.08. The first-order valence-electron chi connectivity index (χ1n) is 3.76. The van der Waals surface area contributed by atoms with Crippen molar-refractivity contribution in [2.75, 3.05) is 0 Å². The van der Waals surface area contributed by atoms with Gasteiger partial charge in [-0.25, -0.2) is 4.39 Å². The topological polar surface area (TPSA) is 49.8 Å². The Labute approximate surface area is 76.1 Å². The smallest absolute Gasteiger partial charge is 0.129 e. The minimum absolute atomic E-state index is 0.289. The molecule has 0 spiro atoms. The van der Waals surface area contributed by atoms with Crippen LogP contribution in [0.4, 0.5) is 4.39 Å². The largest absolute Gasteiger partial charge is 0.321 e. The molecule has 0 saturated carbocycles. The van der Waals surface area contributed by atoms with Gasteiger partial charge in [0.2, 0.25) is 0 Å². The lowest BCUT2D eigenvalue weighted by atomic mass is 10.1. The summed E-state index contributed by atoms with van der Waals surface area (Å²) in [6.45, 7) is 3.46. The summed E-state index contributed by atoms with van der Waals surface area (Å²) >= 11 is 0. The molecular weight excluding hydrogens is 167 g/mol. The molecule has 2 N–H and O–H groups in total. The third-order valence-electron chi connectivity index (χ3n) is 1.74. The molecule has 2 nitrogen and oxygen atoms in total. The first-order chi connectivity index (χ1) is 6.19. The average molecular weight is 176 g/mol. The van der Waals surface area contributed by atoms with Gasteiger partial charge < -0.3 is 5.73 Å². The van der Waals surface area contributed by atoms with Crippen LogP contribution in [0, 0.1) is 17.1 Å². The van der Waals surface area contributed by atoms with Gasteiger partial charge in [0.25, 0.3) is 0 Å². The van der Waals surface area contributed by atoms with Gasteiger partial charge in [-0.2, -0.15) is 5.26 Å². The predicted octanol–water partition coefficient (Wildman–Crippen LogP) is 1.88. The summed E-state index contributed by atoms with van der Waals surface area (Å²) in [5, 5.41) is 8.48. The summed E-state index contributed by atoms with van der Waals surface area (Å²) in [5.41, 5.74) is 6.19. The molecular formula is C10H9FN2. The molecule has 0 saturated heterocycles. The van der Waals surface area contributed by atoms with Crippen LogP contribution in [0.1, 0.15) is 17.2 Å². The van der Waals surface area contributed by atoms with E-state index in [2.05, 4.69) is 6.58 Å². The molecule has 0 aromatic heterocycles. The fourth-order valence-corrected chi connectivity index (χ4v) is 0.994. The minimum atomic E-state index is -0.521. The first kappa shape index (κ1) is 9.43. The molecule has 1 aromatic carbocycles. The molecule has 0 amide bonds. The van der Waals surface area contributed by atoms with Crippen molar-refractivity contribution in [2.24, 2.45) is 5.73 Å². The number of nitrogens with two attached hydrogens (primary N) is 1. The van der Waals surface area contributed by atoms with Crippen molar-refractivity contribution >= 4 is 0 Å². The van der Waals surface area contributed by atoms with E-state index in [-0.39, 0.29) is 5.56 Å². The van der Waals surface area contributed by atoms with E-state index >= 15 is 0 Å². The SMILES string of the molecule is C=C[C@H](N)c1ccc(C#N)cc1F. The van der Waals surface area contributed by atoms with Gasteiger partial charge in [0, 0.05) is 5.56 Å². The molecule has 1 rings (SSSR count). The van der Waals surface area contributed by atoms with Crippen molar-refractivity contribution in [3.63, 3.8) is 0 Å². The average Bonchev–Trinajstić information content (AvgIpc) is 2.16. The zero-order chi connectivity index (χ0) is 9.84. The molecule has 0 heterocycles. The van der Waals surface area contributed by atoms with Crippen LogP contribution in [0.5, 0.6) is 0 Å². The molecule has 0 radical (unpaired) electrons. The van der Waals surface area contributed by atoms with Crippen LogP contribution in [0.3, 0.4) is 0 Å². The second-order valence-electron chi connectivity index (χ2n) is 2.61. The normalized spacial score (nSPS) is 11.8. The fourth-order valence-electron chi connectivity index (χ4n) is 0.994. The summed E-state index contributed by atoms with van der Waals surface area (Å²) in [5.74, 6) is -0.466. The van der Waals surface area contributed by atoms with Crippen molar-refractivity contribution in [3.05, 3.63) is 47.8 Å². The fraction of sp³-hybridized carbons (Fsp3) is 0.100. The van der Waals surface area contributed by atoms with E-state index in [1.807, 2.05) is 6.07 Å². The molecule has 0 aliphatic heterocycles. The summed E-state index contributed by atoms with van der Waals surface area (Å²) in [6.07, 6.45) is 1.45.